The zero-order chi connectivity index (χ0) is 21.0. The van der Waals surface area contributed by atoms with E-state index in [4.69, 9.17) is 9.47 Å². The summed E-state index contributed by atoms with van der Waals surface area (Å²) in [6.07, 6.45) is 1.45. The van der Waals surface area contributed by atoms with Gasteiger partial charge < -0.3 is 19.4 Å². The van der Waals surface area contributed by atoms with Crippen LogP contribution in [-0.2, 0) is 6.54 Å². The van der Waals surface area contributed by atoms with Crippen molar-refractivity contribution in [3.8, 4) is 11.5 Å². The van der Waals surface area contributed by atoms with E-state index in [0.29, 0.717) is 17.9 Å². The standard InChI is InChI=1S/C21H21F2N3O3/c1-4-29-17-5-6-18(13(2)7-17)24-21-25-20(27)19(28-3)12-26(21)11-14-8-15(22)10-16(23)9-14/h5-10,12H,4,11H2,1-3H3,(H,24,25,27). The number of methoxy groups -OCH3 is 1. The van der Waals surface area contributed by atoms with Crippen LogP contribution in [0, 0.1) is 18.6 Å². The summed E-state index contributed by atoms with van der Waals surface area (Å²) in [5.41, 5.74) is 1.41. The van der Waals surface area contributed by atoms with Gasteiger partial charge in [0, 0.05) is 11.8 Å². The molecule has 0 aliphatic heterocycles. The van der Waals surface area contributed by atoms with Gasteiger partial charge in [0.2, 0.25) is 11.7 Å². The molecule has 1 aromatic heterocycles. The van der Waals surface area contributed by atoms with Gasteiger partial charge in [-0.05, 0) is 55.3 Å². The fourth-order valence-corrected chi connectivity index (χ4v) is 2.89. The van der Waals surface area contributed by atoms with E-state index in [-0.39, 0.29) is 18.2 Å². The molecule has 0 aliphatic rings. The van der Waals surface area contributed by atoms with Crippen molar-refractivity contribution in [2.24, 2.45) is 0 Å². The number of halogens is 2. The second kappa shape index (κ2) is 8.72. The van der Waals surface area contributed by atoms with Crippen molar-refractivity contribution in [2.45, 2.75) is 20.4 Å². The Balaban J connectivity index is 1.99. The van der Waals surface area contributed by atoms with E-state index in [1.165, 1.54) is 25.4 Å². The molecule has 0 radical (unpaired) electrons. The van der Waals surface area contributed by atoms with Crippen LogP contribution in [0.5, 0.6) is 11.5 Å². The molecule has 8 heteroatoms. The molecule has 0 saturated carbocycles. The van der Waals surface area contributed by atoms with Crippen LogP contribution in [0.25, 0.3) is 0 Å². The zero-order valence-corrected chi connectivity index (χ0v) is 16.3. The summed E-state index contributed by atoms with van der Waals surface area (Å²) in [5.74, 6) is -0.398. The SMILES string of the molecule is CCOc1ccc(Nc2nc(=O)c(OC)cn2Cc2cc(F)cc(F)c2)c(C)c1. The first-order valence-corrected chi connectivity index (χ1v) is 9.00. The summed E-state index contributed by atoms with van der Waals surface area (Å²) in [7, 11) is 1.36. The third-order valence-corrected chi connectivity index (χ3v) is 4.21. The number of benzene rings is 2. The molecule has 0 saturated heterocycles. The maximum atomic E-state index is 13.6. The minimum Gasteiger partial charge on any atom is -0.494 e. The first kappa shape index (κ1) is 20.3. The van der Waals surface area contributed by atoms with Crippen LogP contribution in [-0.4, -0.2) is 23.3 Å². The highest BCUT2D eigenvalue weighted by Crippen LogP contribution is 2.25. The number of hydrogen-bond donors (Lipinski definition) is 1. The molecule has 3 rings (SSSR count). The van der Waals surface area contributed by atoms with Gasteiger partial charge in [-0.15, -0.1) is 0 Å². The predicted molar refractivity (Wildman–Crippen MR) is 106 cm³/mol. The highest BCUT2D eigenvalue weighted by atomic mass is 19.1. The molecule has 29 heavy (non-hydrogen) atoms. The van der Waals surface area contributed by atoms with Crippen LogP contribution in [0.15, 0.2) is 47.4 Å². The van der Waals surface area contributed by atoms with Gasteiger partial charge in [0.05, 0.1) is 26.5 Å². The van der Waals surface area contributed by atoms with E-state index in [1.807, 2.05) is 26.0 Å². The third kappa shape index (κ3) is 4.90. The Hall–Kier alpha value is -3.42. The molecular weight excluding hydrogens is 380 g/mol. The highest BCUT2D eigenvalue weighted by molar-refractivity contribution is 5.60. The number of aryl methyl sites for hydroxylation is 1. The van der Waals surface area contributed by atoms with Crippen molar-refractivity contribution in [3.05, 3.63) is 75.7 Å². The largest absolute Gasteiger partial charge is 0.494 e. The Morgan fingerprint density at radius 2 is 1.86 bits per heavy atom. The molecular formula is C21H21F2N3O3. The van der Waals surface area contributed by atoms with Crippen molar-refractivity contribution < 1.29 is 18.3 Å². The summed E-state index contributed by atoms with van der Waals surface area (Å²) < 4.78 is 39.2. The van der Waals surface area contributed by atoms with E-state index in [2.05, 4.69) is 10.3 Å². The Bertz CT molecular complexity index is 1060. The van der Waals surface area contributed by atoms with Gasteiger partial charge in [-0.2, -0.15) is 4.98 Å². The first-order chi connectivity index (χ1) is 13.9. The van der Waals surface area contributed by atoms with Gasteiger partial charge in [0.15, 0.2) is 0 Å². The molecule has 0 unspecified atom stereocenters. The molecule has 2 aromatic carbocycles. The number of nitrogens with zero attached hydrogens (tertiary/aromatic N) is 2. The number of ether oxygens (including phenoxy) is 2. The van der Waals surface area contributed by atoms with Gasteiger partial charge in [-0.1, -0.05) is 0 Å². The average Bonchev–Trinajstić information content (AvgIpc) is 2.65. The van der Waals surface area contributed by atoms with E-state index in [9.17, 15) is 13.6 Å². The summed E-state index contributed by atoms with van der Waals surface area (Å²) >= 11 is 0. The smallest absolute Gasteiger partial charge is 0.316 e. The Kier molecular flexibility index (Phi) is 6.11. The van der Waals surface area contributed by atoms with Crippen LogP contribution in [0.4, 0.5) is 20.4 Å². The van der Waals surface area contributed by atoms with Crippen LogP contribution >= 0.6 is 0 Å². The molecule has 0 bridgehead atoms. The highest BCUT2D eigenvalue weighted by Gasteiger charge is 2.12. The van der Waals surface area contributed by atoms with Gasteiger partial charge in [-0.25, -0.2) is 8.78 Å². The number of anilines is 2. The van der Waals surface area contributed by atoms with E-state index in [0.717, 1.165) is 17.4 Å². The normalized spacial score (nSPS) is 10.7. The van der Waals surface area contributed by atoms with Crippen molar-refractivity contribution >= 4 is 11.6 Å². The summed E-state index contributed by atoms with van der Waals surface area (Å²) in [6, 6.07) is 8.71. The van der Waals surface area contributed by atoms with Gasteiger partial charge in [0.25, 0.3) is 0 Å². The minimum atomic E-state index is -0.683. The van der Waals surface area contributed by atoms with E-state index >= 15 is 0 Å². The van der Waals surface area contributed by atoms with Crippen molar-refractivity contribution in [1.29, 1.82) is 0 Å². The molecule has 0 aliphatic carbocycles. The quantitative estimate of drug-likeness (QED) is 0.648. The molecule has 0 spiro atoms. The minimum absolute atomic E-state index is 0.0239. The van der Waals surface area contributed by atoms with Crippen LogP contribution < -0.4 is 20.3 Å². The molecule has 0 fully saturated rings. The molecule has 0 atom stereocenters. The molecule has 1 N–H and O–H groups in total. The summed E-state index contributed by atoms with van der Waals surface area (Å²) in [4.78, 5) is 16.2. The summed E-state index contributed by atoms with van der Waals surface area (Å²) in [5, 5.41) is 3.10. The number of hydrogen-bond acceptors (Lipinski definition) is 5. The van der Waals surface area contributed by atoms with Crippen LogP contribution in [0.1, 0.15) is 18.1 Å². The molecule has 152 valence electrons. The fraction of sp³-hybridized carbons (Fsp3) is 0.238. The van der Waals surface area contributed by atoms with E-state index in [1.54, 1.807) is 10.6 Å². The summed E-state index contributed by atoms with van der Waals surface area (Å²) in [6.45, 7) is 4.42. The second-order valence-corrected chi connectivity index (χ2v) is 6.38. The van der Waals surface area contributed by atoms with Gasteiger partial charge in [0.1, 0.15) is 17.4 Å². The number of nitrogens with one attached hydrogen (secondary N) is 1. The maximum absolute atomic E-state index is 13.6. The monoisotopic (exact) mass is 401 g/mol. The predicted octanol–water partition coefficient (Wildman–Crippen LogP) is 4.03. The van der Waals surface area contributed by atoms with Crippen molar-refractivity contribution in [3.63, 3.8) is 0 Å². The molecule has 6 nitrogen and oxygen atoms in total. The lowest BCUT2D eigenvalue weighted by atomic mass is 10.2. The van der Waals surface area contributed by atoms with Crippen molar-refractivity contribution in [1.82, 2.24) is 9.55 Å². The molecule has 3 aromatic rings. The Morgan fingerprint density at radius 1 is 1.14 bits per heavy atom. The zero-order valence-electron chi connectivity index (χ0n) is 16.3. The van der Waals surface area contributed by atoms with Crippen LogP contribution in [0.2, 0.25) is 0 Å². The molecule has 1 heterocycles. The number of aromatic nitrogens is 2. The lowest BCUT2D eigenvalue weighted by molar-refractivity contribution is 0.340. The maximum Gasteiger partial charge on any atom is 0.316 e. The Labute approximate surface area is 166 Å². The van der Waals surface area contributed by atoms with E-state index < -0.39 is 17.2 Å². The fourth-order valence-electron chi connectivity index (χ4n) is 2.89. The van der Waals surface area contributed by atoms with Gasteiger partial charge >= 0.3 is 5.56 Å². The number of rotatable bonds is 7. The lowest BCUT2D eigenvalue weighted by Crippen LogP contribution is -2.19. The Morgan fingerprint density at radius 3 is 2.48 bits per heavy atom. The van der Waals surface area contributed by atoms with Crippen molar-refractivity contribution in [2.75, 3.05) is 19.0 Å². The molecule has 0 amide bonds. The third-order valence-electron chi connectivity index (χ3n) is 4.21. The second-order valence-electron chi connectivity index (χ2n) is 6.38. The topological polar surface area (TPSA) is 65.4 Å². The lowest BCUT2D eigenvalue weighted by Gasteiger charge is -2.17. The van der Waals surface area contributed by atoms with Crippen LogP contribution in [0.3, 0.4) is 0 Å². The first-order valence-electron chi connectivity index (χ1n) is 9.00. The average molecular weight is 401 g/mol. The van der Waals surface area contributed by atoms with Gasteiger partial charge in [-0.3, -0.25) is 4.79 Å².